The third-order valence-corrected chi connectivity index (χ3v) is 0.553. The van der Waals surface area contributed by atoms with Crippen molar-refractivity contribution in [1.82, 2.24) is 0 Å². The molecule has 1 nitrogen and oxygen atoms in total. The van der Waals surface area contributed by atoms with Crippen LogP contribution < -0.4 is 0 Å². The Bertz CT molecular complexity index is 103. The van der Waals surface area contributed by atoms with Gasteiger partial charge >= 0.3 is 0 Å². The van der Waals surface area contributed by atoms with Gasteiger partial charge in [-0.3, -0.25) is 4.99 Å². The van der Waals surface area contributed by atoms with Crippen molar-refractivity contribution < 1.29 is 0 Å². The second kappa shape index (κ2) is 5.23. The number of nitrogens with zero attached hydrogens (tertiary/aromatic N) is 1. The van der Waals surface area contributed by atoms with Gasteiger partial charge in [-0.15, -0.1) is 5.92 Å². The lowest BCUT2D eigenvalue weighted by Gasteiger charge is -1.69. The molecule has 0 unspecified atom stereocenters. The highest BCUT2D eigenvalue weighted by atomic mass is 14.6. The average molecular weight is 95.1 g/mol. The third-order valence-electron chi connectivity index (χ3n) is 0.553. The summed E-state index contributed by atoms with van der Waals surface area (Å²) in [5.41, 5.74) is 0. The molecule has 0 aliphatic rings. The smallest absolute Gasteiger partial charge is 0.0439 e. The van der Waals surface area contributed by atoms with Gasteiger partial charge in [-0.05, 0) is 6.92 Å². The first-order chi connectivity index (χ1) is 3.41. The molecule has 1 heteroatoms. The zero-order valence-electron chi connectivity index (χ0n) is 4.73. The van der Waals surface area contributed by atoms with Gasteiger partial charge in [0.05, 0.1) is 0 Å². The molecule has 0 fully saturated rings. The first-order valence-corrected chi connectivity index (χ1v) is 2.22. The molecule has 0 aliphatic heterocycles. The molecule has 0 aromatic carbocycles. The van der Waals surface area contributed by atoms with Crippen LogP contribution in [-0.2, 0) is 0 Å². The predicted molar refractivity (Wildman–Crippen MR) is 32.5 cm³/mol. The Labute approximate surface area is 44.5 Å². The van der Waals surface area contributed by atoms with Crippen LogP contribution >= 0.6 is 0 Å². The summed E-state index contributed by atoms with van der Waals surface area (Å²) in [7, 11) is 1.75. The van der Waals surface area contributed by atoms with Gasteiger partial charge < -0.3 is 0 Å². The molecule has 0 radical (unpaired) electrons. The zero-order chi connectivity index (χ0) is 5.54. The highest BCUT2D eigenvalue weighted by Crippen LogP contribution is 1.65. The van der Waals surface area contributed by atoms with Crippen molar-refractivity contribution >= 4 is 6.21 Å². The highest BCUT2D eigenvalue weighted by molar-refractivity contribution is 5.60. The van der Waals surface area contributed by atoms with E-state index in [9.17, 15) is 0 Å². The second-order valence-corrected chi connectivity index (χ2v) is 1.07. The minimum absolute atomic E-state index is 0.785. The SMILES string of the molecule is CC#CCC=NC. The summed E-state index contributed by atoms with van der Waals surface area (Å²) in [6.07, 6.45) is 2.57. The van der Waals surface area contributed by atoms with Crippen molar-refractivity contribution in [1.29, 1.82) is 0 Å². The lowest BCUT2D eigenvalue weighted by atomic mass is 10.5. The molecule has 0 heterocycles. The van der Waals surface area contributed by atoms with E-state index in [0.29, 0.717) is 0 Å². The number of hydrogen-bond acceptors (Lipinski definition) is 1. The third kappa shape index (κ3) is 5.23. The van der Waals surface area contributed by atoms with Crippen molar-refractivity contribution in [3.05, 3.63) is 0 Å². The summed E-state index contributed by atoms with van der Waals surface area (Å²) >= 11 is 0. The normalized spacial score (nSPS) is 8.29. The van der Waals surface area contributed by atoms with E-state index in [-0.39, 0.29) is 0 Å². The summed E-state index contributed by atoms with van der Waals surface area (Å²) in [4.78, 5) is 3.75. The van der Waals surface area contributed by atoms with Crippen LogP contribution in [0.2, 0.25) is 0 Å². The minimum Gasteiger partial charge on any atom is -0.300 e. The van der Waals surface area contributed by atoms with Gasteiger partial charge in [0.1, 0.15) is 0 Å². The van der Waals surface area contributed by atoms with Crippen molar-refractivity contribution in [3.8, 4) is 11.8 Å². The van der Waals surface area contributed by atoms with E-state index in [1.165, 1.54) is 0 Å². The first kappa shape index (κ1) is 6.23. The van der Waals surface area contributed by atoms with E-state index >= 15 is 0 Å². The fourth-order valence-electron chi connectivity index (χ4n) is 0.239. The molecular formula is C6H9N. The van der Waals surface area contributed by atoms with Gasteiger partial charge in [-0.2, -0.15) is 0 Å². The maximum absolute atomic E-state index is 3.75. The standard InChI is InChI=1S/C6H9N/c1-3-4-5-6-7-2/h6H,5H2,1-2H3. The van der Waals surface area contributed by atoms with Gasteiger partial charge in [-0.25, -0.2) is 0 Å². The van der Waals surface area contributed by atoms with Gasteiger partial charge in [0.15, 0.2) is 0 Å². The molecule has 0 amide bonds. The zero-order valence-corrected chi connectivity index (χ0v) is 4.73. The van der Waals surface area contributed by atoms with Crippen molar-refractivity contribution in [2.45, 2.75) is 13.3 Å². The van der Waals surface area contributed by atoms with E-state index < -0.39 is 0 Å². The summed E-state index contributed by atoms with van der Waals surface area (Å²) in [6, 6.07) is 0. The van der Waals surface area contributed by atoms with Gasteiger partial charge in [0, 0.05) is 19.7 Å². The molecule has 0 aliphatic carbocycles. The van der Waals surface area contributed by atoms with Crippen molar-refractivity contribution in [2.24, 2.45) is 4.99 Å². The van der Waals surface area contributed by atoms with Crippen LogP contribution in [0.25, 0.3) is 0 Å². The molecule has 0 rings (SSSR count). The molecule has 0 aromatic rings. The van der Waals surface area contributed by atoms with Crippen molar-refractivity contribution in [3.63, 3.8) is 0 Å². The topological polar surface area (TPSA) is 12.4 Å². The lowest BCUT2D eigenvalue weighted by molar-refractivity contribution is 1.43. The fraction of sp³-hybridized carbons (Fsp3) is 0.500. The molecule has 0 N–H and O–H groups in total. The fourth-order valence-corrected chi connectivity index (χ4v) is 0.239. The monoisotopic (exact) mass is 95.1 g/mol. The Morgan fingerprint density at radius 1 is 1.71 bits per heavy atom. The van der Waals surface area contributed by atoms with Gasteiger partial charge in [-0.1, -0.05) is 5.92 Å². The summed E-state index contributed by atoms with van der Waals surface area (Å²) in [5.74, 6) is 5.61. The van der Waals surface area contributed by atoms with Crippen molar-refractivity contribution in [2.75, 3.05) is 7.05 Å². The van der Waals surface area contributed by atoms with Crippen LogP contribution in [-0.4, -0.2) is 13.3 Å². The van der Waals surface area contributed by atoms with Gasteiger partial charge in [0.25, 0.3) is 0 Å². The molecule has 0 saturated heterocycles. The Morgan fingerprint density at radius 2 is 2.43 bits per heavy atom. The molecule has 0 atom stereocenters. The summed E-state index contributed by atoms with van der Waals surface area (Å²) < 4.78 is 0. The predicted octanol–water partition coefficient (Wildman–Crippen LogP) is 1.10. The van der Waals surface area contributed by atoms with E-state index in [0.717, 1.165) is 6.42 Å². The van der Waals surface area contributed by atoms with E-state index in [2.05, 4.69) is 16.8 Å². The Kier molecular flexibility index (Phi) is 4.65. The summed E-state index contributed by atoms with van der Waals surface area (Å²) in [6.45, 7) is 1.82. The van der Waals surface area contributed by atoms with E-state index in [4.69, 9.17) is 0 Å². The quantitative estimate of drug-likeness (QED) is 0.341. The molecule has 0 bridgehead atoms. The molecule has 0 aromatic heterocycles. The highest BCUT2D eigenvalue weighted by Gasteiger charge is 1.60. The number of hydrogen-bond donors (Lipinski definition) is 0. The molecular weight excluding hydrogens is 86.1 g/mol. The maximum atomic E-state index is 3.75. The minimum atomic E-state index is 0.785. The van der Waals surface area contributed by atoms with Crippen LogP contribution in [0.1, 0.15) is 13.3 Å². The molecule has 38 valence electrons. The molecule has 0 saturated carbocycles. The van der Waals surface area contributed by atoms with Gasteiger partial charge in [0.2, 0.25) is 0 Å². The Balaban J connectivity index is 3.09. The molecule has 7 heavy (non-hydrogen) atoms. The maximum Gasteiger partial charge on any atom is 0.0439 e. The van der Waals surface area contributed by atoms with Crippen LogP contribution in [0.5, 0.6) is 0 Å². The van der Waals surface area contributed by atoms with Crippen LogP contribution in [0, 0.1) is 11.8 Å². The van der Waals surface area contributed by atoms with Crippen LogP contribution in [0.3, 0.4) is 0 Å². The Hall–Kier alpha value is -0.770. The largest absolute Gasteiger partial charge is 0.300 e. The number of aliphatic imine (C=N–C) groups is 1. The van der Waals surface area contributed by atoms with E-state index in [1.54, 1.807) is 13.3 Å². The lowest BCUT2D eigenvalue weighted by Crippen LogP contribution is -1.65. The first-order valence-electron chi connectivity index (χ1n) is 2.22. The Morgan fingerprint density at radius 3 is 2.86 bits per heavy atom. The average Bonchev–Trinajstić information content (AvgIpc) is 1.69. The molecule has 0 spiro atoms. The summed E-state index contributed by atoms with van der Waals surface area (Å²) in [5, 5.41) is 0. The van der Waals surface area contributed by atoms with Crippen LogP contribution in [0.4, 0.5) is 0 Å². The van der Waals surface area contributed by atoms with Crippen LogP contribution in [0.15, 0.2) is 4.99 Å². The van der Waals surface area contributed by atoms with E-state index in [1.807, 2.05) is 6.92 Å². The second-order valence-electron chi connectivity index (χ2n) is 1.07. The number of rotatable bonds is 1.